The summed E-state index contributed by atoms with van der Waals surface area (Å²) in [5, 5.41) is 10.8. The Bertz CT molecular complexity index is 886. The Morgan fingerprint density at radius 1 is 0.933 bits per heavy atom. The molecule has 2 aliphatic heterocycles. The van der Waals surface area contributed by atoms with Crippen molar-refractivity contribution in [1.82, 2.24) is 14.9 Å². The molecule has 2 aromatic heterocycles. The minimum Gasteiger partial charge on any atom is -0.357 e. The second-order valence-electron chi connectivity index (χ2n) is 7.99. The Morgan fingerprint density at radius 3 is 2.07 bits per heavy atom. The number of piperidine rings is 1. The van der Waals surface area contributed by atoms with Crippen LogP contribution in [0.5, 0.6) is 0 Å². The van der Waals surface area contributed by atoms with Crippen molar-refractivity contribution in [3.05, 3.63) is 52.3 Å². The topological polar surface area (TPSA) is 95.7 Å². The molecule has 2 aromatic rings. The fraction of sp³-hybridized carbons (Fsp3) is 0.476. The van der Waals surface area contributed by atoms with Crippen LogP contribution in [0, 0.1) is 16.0 Å². The van der Waals surface area contributed by atoms with E-state index >= 15 is 0 Å². The fourth-order valence-electron chi connectivity index (χ4n) is 3.93. The van der Waals surface area contributed by atoms with E-state index in [1.807, 2.05) is 21.9 Å². The summed E-state index contributed by atoms with van der Waals surface area (Å²) in [5.41, 5.74) is 0.577. The lowest BCUT2D eigenvalue weighted by atomic mass is 9.99. The van der Waals surface area contributed by atoms with Crippen molar-refractivity contribution in [3.8, 4) is 0 Å². The first-order chi connectivity index (χ1) is 14.5. The predicted octanol–water partition coefficient (Wildman–Crippen LogP) is 2.58. The molecule has 0 N–H and O–H groups in total. The first-order valence-electron chi connectivity index (χ1n) is 10.4. The molecule has 0 spiro atoms. The van der Waals surface area contributed by atoms with Crippen LogP contribution in [0.1, 0.15) is 30.1 Å². The first kappa shape index (κ1) is 20.1. The van der Waals surface area contributed by atoms with Gasteiger partial charge in [0.25, 0.3) is 11.6 Å². The molecule has 30 heavy (non-hydrogen) atoms. The average Bonchev–Trinajstić information content (AvgIpc) is 2.79. The number of aromatic nitrogens is 2. The van der Waals surface area contributed by atoms with Gasteiger partial charge in [0.2, 0.25) is 0 Å². The number of nitro groups is 1. The van der Waals surface area contributed by atoms with Crippen LogP contribution in [0.4, 0.5) is 17.3 Å². The SMILES string of the molecule is CC1CCN(c2ccc(C(=O)N3CCN(c4ccc([N+](=O)[O-])cn4)CC3)cn2)CC1. The van der Waals surface area contributed by atoms with E-state index in [0.717, 1.165) is 24.8 Å². The zero-order valence-electron chi connectivity index (χ0n) is 17.1. The summed E-state index contributed by atoms with van der Waals surface area (Å²) in [6, 6.07) is 6.92. The third-order valence-corrected chi connectivity index (χ3v) is 5.94. The lowest BCUT2D eigenvalue weighted by molar-refractivity contribution is -0.385. The van der Waals surface area contributed by atoms with E-state index in [1.54, 1.807) is 12.3 Å². The highest BCUT2D eigenvalue weighted by molar-refractivity contribution is 5.94. The van der Waals surface area contributed by atoms with Crippen molar-refractivity contribution in [3.63, 3.8) is 0 Å². The van der Waals surface area contributed by atoms with Gasteiger partial charge in [0.1, 0.15) is 17.8 Å². The van der Waals surface area contributed by atoms with Gasteiger partial charge < -0.3 is 14.7 Å². The number of carbonyl (C=O) groups excluding carboxylic acids is 1. The van der Waals surface area contributed by atoms with Crippen LogP contribution in [0.15, 0.2) is 36.7 Å². The smallest absolute Gasteiger partial charge is 0.287 e. The largest absolute Gasteiger partial charge is 0.357 e. The van der Waals surface area contributed by atoms with Gasteiger partial charge in [0, 0.05) is 51.5 Å². The maximum absolute atomic E-state index is 12.9. The van der Waals surface area contributed by atoms with Gasteiger partial charge in [0.05, 0.1) is 10.5 Å². The van der Waals surface area contributed by atoms with Crippen LogP contribution in [0.2, 0.25) is 0 Å². The molecule has 2 saturated heterocycles. The van der Waals surface area contributed by atoms with Crippen LogP contribution in [0.3, 0.4) is 0 Å². The summed E-state index contributed by atoms with van der Waals surface area (Å²) in [4.78, 5) is 38.0. The Balaban J connectivity index is 1.33. The summed E-state index contributed by atoms with van der Waals surface area (Å²) in [5.74, 6) is 2.38. The van der Waals surface area contributed by atoms with Gasteiger partial charge in [-0.3, -0.25) is 14.9 Å². The molecule has 0 unspecified atom stereocenters. The van der Waals surface area contributed by atoms with Crippen LogP contribution >= 0.6 is 0 Å². The Hall–Kier alpha value is -3.23. The van der Waals surface area contributed by atoms with Gasteiger partial charge in [-0.15, -0.1) is 0 Å². The van der Waals surface area contributed by atoms with Crippen molar-refractivity contribution in [1.29, 1.82) is 0 Å². The summed E-state index contributed by atoms with van der Waals surface area (Å²) in [6.45, 7) is 6.72. The molecule has 0 aromatic carbocycles. The fourth-order valence-corrected chi connectivity index (χ4v) is 3.93. The van der Waals surface area contributed by atoms with Gasteiger partial charge in [-0.2, -0.15) is 0 Å². The van der Waals surface area contributed by atoms with Gasteiger partial charge in [-0.1, -0.05) is 6.92 Å². The highest BCUT2D eigenvalue weighted by atomic mass is 16.6. The molecular formula is C21H26N6O3. The number of carbonyl (C=O) groups is 1. The molecule has 9 nitrogen and oxygen atoms in total. The Kier molecular flexibility index (Phi) is 5.78. The lowest BCUT2D eigenvalue weighted by Crippen LogP contribution is -2.49. The second kappa shape index (κ2) is 8.64. The van der Waals surface area contributed by atoms with Gasteiger partial charge in [-0.05, 0) is 37.0 Å². The number of pyridine rings is 2. The van der Waals surface area contributed by atoms with Crippen LogP contribution in [-0.2, 0) is 0 Å². The van der Waals surface area contributed by atoms with Gasteiger partial charge in [0.15, 0.2) is 0 Å². The van der Waals surface area contributed by atoms with Crippen LogP contribution in [0.25, 0.3) is 0 Å². The molecule has 0 saturated carbocycles. The molecule has 0 radical (unpaired) electrons. The normalized spacial score (nSPS) is 17.8. The highest BCUT2D eigenvalue weighted by Crippen LogP contribution is 2.22. The zero-order chi connectivity index (χ0) is 21.1. The van der Waals surface area contributed by atoms with Crippen molar-refractivity contribution >= 4 is 23.2 Å². The van der Waals surface area contributed by atoms with E-state index in [1.165, 1.54) is 25.1 Å². The molecule has 0 bridgehead atoms. The Morgan fingerprint density at radius 2 is 1.53 bits per heavy atom. The van der Waals surface area contributed by atoms with Crippen molar-refractivity contribution in [2.45, 2.75) is 19.8 Å². The third-order valence-electron chi connectivity index (χ3n) is 5.94. The van der Waals surface area contributed by atoms with E-state index in [4.69, 9.17) is 0 Å². The quantitative estimate of drug-likeness (QED) is 0.565. The monoisotopic (exact) mass is 410 g/mol. The summed E-state index contributed by atoms with van der Waals surface area (Å²) in [7, 11) is 0. The molecule has 2 fully saturated rings. The predicted molar refractivity (Wildman–Crippen MR) is 114 cm³/mol. The van der Waals surface area contributed by atoms with Gasteiger partial charge in [-0.25, -0.2) is 9.97 Å². The first-order valence-corrected chi connectivity index (χ1v) is 10.4. The van der Waals surface area contributed by atoms with Crippen LogP contribution < -0.4 is 9.80 Å². The van der Waals surface area contributed by atoms with Crippen molar-refractivity contribution < 1.29 is 9.72 Å². The third kappa shape index (κ3) is 4.34. The average molecular weight is 410 g/mol. The minimum atomic E-state index is -0.460. The van der Waals surface area contributed by atoms with E-state index in [9.17, 15) is 14.9 Å². The molecule has 1 amide bonds. The van der Waals surface area contributed by atoms with Gasteiger partial charge >= 0.3 is 0 Å². The highest BCUT2D eigenvalue weighted by Gasteiger charge is 2.24. The molecule has 4 rings (SSSR count). The number of amides is 1. The number of hydrogen-bond acceptors (Lipinski definition) is 7. The van der Waals surface area contributed by atoms with Crippen LogP contribution in [-0.4, -0.2) is 65.0 Å². The summed E-state index contributed by atoms with van der Waals surface area (Å²) >= 11 is 0. The van der Waals surface area contributed by atoms with E-state index in [-0.39, 0.29) is 11.6 Å². The maximum atomic E-state index is 12.9. The Labute approximate surface area is 175 Å². The second-order valence-corrected chi connectivity index (χ2v) is 7.99. The number of nitrogens with zero attached hydrogens (tertiary/aromatic N) is 6. The van der Waals surface area contributed by atoms with E-state index in [2.05, 4.69) is 21.8 Å². The van der Waals surface area contributed by atoms with Crippen molar-refractivity contribution in [2.24, 2.45) is 5.92 Å². The van der Waals surface area contributed by atoms with E-state index in [0.29, 0.717) is 37.6 Å². The maximum Gasteiger partial charge on any atom is 0.287 e. The molecule has 0 aliphatic carbocycles. The lowest BCUT2D eigenvalue weighted by Gasteiger charge is -2.35. The standard InChI is InChI=1S/C21H26N6O3/c1-16-6-8-24(9-7-16)19-4-2-17(14-22-19)21(28)26-12-10-25(11-13-26)20-5-3-18(15-23-20)27(29)30/h2-5,14-16H,6-13H2,1H3. The number of anilines is 2. The number of hydrogen-bond donors (Lipinski definition) is 0. The molecular weight excluding hydrogens is 384 g/mol. The molecule has 0 atom stereocenters. The number of rotatable bonds is 4. The minimum absolute atomic E-state index is 0.0161. The molecule has 9 heteroatoms. The zero-order valence-corrected chi connectivity index (χ0v) is 17.1. The number of piperazine rings is 1. The van der Waals surface area contributed by atoms with E-state index < -0.39 is 4.92 Å². The molecule has 2 aliphatic rings. The van der Waals surface area contributed by atoms with Crippen molar-refractivity contribution in [2.75, 3.05) is 49.1 Å². The summed E-state index contributed by atoms with van der Waals surface area (Å²) in [6.07, 6.45) is 5.30. The molecule has 4 heterocycles. The molecule has 158 valence electrons. The summed E-state index contributed by atoms with van der Waals surface area (Å²) < 4.78 is 0.